The molecule has 3 aromatic rings. The topological polar surface area (TPSA) is 52.0 Å². The molecule has 0 N–H and O–H groups in total. The molecular weight excluding hydrogens is 373 g/mol. The first-order chi connectivity index (χ1) is 11.7. The molecule has 0 aliphatic rings. The van der Waals surface area contributed by atoms with Gasteiger partial charge in [-0.3, -0.25) is 0 Å². The van der Waals surface area contributed by atoms with Crippen molar-refractivity contribution in [1.29, 1.82) is 0 Å². The fourth-order valence-corrected chi connectivity index (χ4v) is 3.83. The number of sulfone groups is 1. The first-order valence-electron chi connectivity index (χ1n) is 7.27. The summed E-state index contributed by atoms with van der Waals surface area (Å²) in [4.78, 5) is 4.49. The maximum absolute atomic E-state index is 12.7. The lowest BCUT2D eigenvalue weighted by molar-refractivity contribution is -0.0435. The van der Waals surface area contributed by atoms with Gasteiger partial charge in [-0.25, -0.2) is 13.4 Å². The Morgan fingerprint density at radius 2 is 2.00 bits per heavy atom. The highest BCUT2D eigenvalue weighted by atomic mass is 32.2. The van der Waals surface area contributed by atoms with Crippen molar-refractivity contribution in [3.63, 3.8) is 0 Å². The van der Waals surface area contributed by atoms with Gasteiger partial charge in [0.05, 0.1) is 15.9 Å². The average Bonchev–Trinajstić information content (AvgIpc) is 3.17. The molecule has 3 rings (SSSR count). The molecule has 9 heteroatoms. The number of nitrogens with zero attached hydrogens (tertiary/aromatic N) is 2. The van der Waals surface area contributed by atoms with Crippen LogP contribution in [0.4, 0.5) is 13.2 Å². The van der Waals surface area contributed by atoms with Crippen LogP contribution in [0.5, 0.6) is 0 Å². The van der Waals surface area contributed by atoms with Gasteiger partial charge in [-0.15, -0.1) is 11.3 Å². The SMILES string of the molecule is CCn1c(C=Cc2cccs2)nc2cc(S(=O)(=O)C(F)(F)F)ccc21. The number of halogens is 3. The number of aromatic nitrogens is 2. The van der Waals surface area contributed by atoms with E-state index in [-0.39, 0.29) is 5.52 Å². The van der Waals surface area contributed by atoms with E-state index in [9.17, 15) is 21.6 Å². The largest absolute Gasteiger partial charge is 0.501 e. The second-order valence-corrected chi connectivity index (χ2v) is 8.08. The van der Waals surface area contributed by atoms with Gasteiger partial charge < -0.3 is 4.57 Å². The third kappa shape index (κ3) is 3.21. The molecule has 0 unspecified atom stereocenters. The molecular formula is C16H13F3N2O2S2. The van der Waals surface area contributed by atoms with E-state index in [0.717, 1.165) is 17.0 Å². The van der Waals surface area contributed by atoms with Gasteiger partial charge in [0.15, 0.2) is 0 Å². The molecule has 2 aromatic heterocycles. The number of aryl methyl sites for hydroxylation is 1. The van der Waals surface area contributed by atoms with Crippen molar-refractivity contribution in [2.45, 2.75) is 23.9 Å². The molecule has 0 amide bonds. The zero-order valence-corrected chi connectivity index (χ0v) is 14.6. The molecule has 0 saturated carbocycles. The Morgan fingerprint density at radius 1 is 1.24 bits per heavy atom. The average molecular weight is 386 g/mol. The highest BCUT2D eigenvalue weighted by molar-refractivity contribution is 7.92. The molecule has 0 aliphatic heterocycles. The van der Waals surface area contributed by atoms with Crippen LogP contribution in [-0.4, -0.2) is 23.5 Å². The molecule has 25 heavy (non-hydrogen) atoms. The summed E-state index contributed by atoms with van der Waals surface area (Å²) in [5.74, 6) is 0.549. The lowest BCUT2D eigenvalue weighted by atomic mass is 10.3. The van der Waals surface area contributed by atoms with E-state index in [1.54, 1.807) is 17.4 Å². The maximum atomic E-state index is 12.7. The summed E-state index contributed by atoms with van der Waals surface area (Å²) in [6.07, 6.45) is 3.61. The van der Waals surface area contributed by atoms with E-state index in [1.165, 1.54) is 6.07 Å². The molecule has 1 aromatic carbocycles. The maximum Gasteiger partial charge on any atom is 0.501 e. The standard InChI is InChI=1S/C16H13F3N2O2S2/c1-2-21-14-7-6-12(25(22,23)16(17,18)19)10-13(14)20-15(21)8-5-11-4-3-9-24-11/h3-10H,2H2,1H3. The Morgan fingerprint density at radius 3 is 2.60 bits per heavy atom. The minimum atomic E-state index is -5.39. The van der Waals surface area contributed by atoms with Gasteiger partial charge in [0.1, 0.15) is 5.82 Å². The highest BCUT2D eigenvalue weighted by Crippen LogP contribution is 2.32. The number of hydrogen-bond donors (Lipinski definition) is 0. The van der Waals surface area contributed by atoms with Crippen molar-refractivity contribution < 1.29 is 21.6 Å². The Balaban J connectivity index is 2.10. The Kier molecular flexibility index (Phi) is 4.46. The van der Waals surface area contributed by atoms with E-state index in [2.05, 4.69) is 4.98 Å². The van der Waals surface area contributed by atoms with Crippen LogP contribution in [0.2, 0.25) is 0 Å². The summed E-state index contributed by atoms with van der Waals surface area (Å²) >= 11 is 1.54. The third-order valence-corrected chi connectivity index (χ3v) is 5.94. The van der Waals surface area contributed by atoms with Gasteiger partial charge in [-0.1, -0.05) is 6.07 Å². The smallest absolute Gasteiger partial charge is 0.325 e. The van der Waals surface area contributed by atoms with Crippen molar-refractivity contribution in [3.8, 4) is 0 Å². The van der Waals surface area contributed by atoms with Crippen LogP contribution >= 0.6 is 11.3 Å². The van der Waals surface area contributed by atoms with E-state index in [0.29, 0.717) is 17.9 Å². The van der Waals surface area contributed by atoms with E-state index in [4.69, 9.17) is 0 Å². The minimum absolute atomic E-state index is 0.206. The van der Waals surface area contributed by atoms with Crippen LogP contribution in [0, 0.1) is 0 Å². The number of thiophene rings is 1. The van der Waals surface area contributed by atoms with Crippen LogP contribution in [0.1, 0.15) is 17.6 Å². The van der Waals surface area contributed by atoms with Gasteiger partial charge in [0.2, 0.25) is 0 Å². The number of alkyl halides is 3. The molecule has 0 bridgehead atoms. The fourth-order valence-electron chi connectivity index (χ4n) is 2.43. The molecule has 0 radical (unpaired) electrons. The minimum Gasteiger partial charge on any atom is -0.325 e. The van der Waals surface area contributed by atoms with E-state index < -0.39 is 20.2 Å². The summed E-state index contributed by atoms with van der Waals surface area (Å²) in [5.41, 5.74) is -4.55. The first-order valence-corrected chi connectivity index (χ1v) is 9.63. The van der Waals surface area contributed by atoms with E-state index >= 15 is 0 Å². The molecule has 0 atom stereocenters. The quantitative estimate of drug-likeness (QED) is 0.659. The molecule has 0 fully saturated rings. The van der Waals surface area contributed by atoms with Gasteiger partial charge in [-0.2, -0.15) is 13.2 Å². The third-order valence-electron chi connectivity index (χ3n) is 3.62. The lowest BCUT2D eigenvalue weighted by Crippen LogP contribution is -2.23. The van der Waals surface area contributed by atoms with Crippen LogP contribution in [0.15, 0.2) is 40.6 Å². The Labute approximate surface area is 146 Å². The zero-order chi connectivity index (χ0) is 18.2. The number of hydrogen-bond acceptors (Lipinski definition) is 4. The second-order valence-electron chi connectivity index (χ2n) is 5.16. The normalized spacial score (nSPS) is 13.1. The van der Waals surface area contributed by atoms with Crippen molar-refractivity contribution in [1.82, 2.24) is 9.55 Å². The van der Waals surface area contributed by atoms with Crippen molar-refractivity contribution in [2.24, 2.45) is 0 Å². The molecule has 4 nitrogen and oxygen atoms in total. The highest BCUT2D eigenvalue weighted by Gasteiger charge is 2.47. The van der Waals surface area contributed by atoms with Crippen LogP contribution < -0.4 is 0 Å². The molecule has 0 spiro atoms. The van der Waals surface area contributed by atoms with Gasteiger partial charge >= 0.3 is 5.51 Å². The molecule has 2 heterocycles. The van der Waals surface area contributed by atoms with Crippen LogP contribution in [0.3, 0.4) is 0 Å². The van der Waals surface area contributed by atoms with Crippen molar-refractivity contribution in [3.05, 3.63) is 46.4 Å². The molecule has 0 aliphatic carbocycles. The summed E-state index contributed by atoms with van der Waals surface area (Å²) < 4.78 is 63.1. The molecule has 132 valence electrons. The summed E-state index contributed by atoms with van der Waals surface area (Å²) in [5, 5.41) is 1.93. The fraction of sp³-hybridized carbons (Fsp3) is 0.188. The first kappa shape index (κ1) is 17.7. The predicted octanol–water partition coefficient (Wildman–Crippen LogP) is 4.58. The van der Waals surface area contributed by atoms with Crippen LogP contribution in [0.25, 0.3) is 23.2 Å². The number of fused-ring (bicyclic) bond motifs is 1. The zero-order valence-electron chi connectivity index (χ0n) is 13.0. The summed E-state index contributed by atoms with van der Waals surface area (Å²) in [6, 6.07) is 7.11. The lowest BCUT2D eigenvalue weighted by Gasteiger charge is -2.08. The number of imidazole rings is 1. The number of benzene rings is 1. The van der Waals surface area contributed by atoms with Crippen LogP contribution in [-0.2, 0) is 16.4 Å². The van der Waals surface area contributed by atoms with Crippen molar-refractivity contribution >= 4 is 44.4 Å². The second kappa shape index (κ2) is 6.30. The predicted molar refractivity (Wildman–Crippen MR) is 91.9 cm³/mol. The number of rotatable bonds is 4. The summed E-state index contributed by atoms with van der Waals surface area (Å²) in [7, 11) is -5.39. The van der Waals surface area contributed by atoms with Crippen molar-refractivity contribution in [2.75, 3.05) is 0 Å². The van der Waals surface area contributed by atoms with Gasteiger partial charge in [0.25, 0.3) is 9.84 Å². The monoisotopic (exact) mass is 386 g/mol. The van der Waals surface area contributed by atoms with E-state index in [1.807, 2.05) is 35.1 Å². The van der Waals surface area contributed by atoms with Gasteiger partial charge in [-0.05, 0) is 48.7 Å². The Hall–Kier alpha value is -2.13. The Bertz CT molecular complexity index is 1030. The summed E-state index contributed by atoms with van der Waals surface area (Å²) in [6.45, 7) is 2.43. The molecule has 0 saturated heterocycles. The van der Waals surface area contributed by atoms with Gasteiger partial charge in [0, 0.05) is 11.4 Å².